The first-order chi connectivity index (χ1) is 12.7. The monoisotopic (exact) mass is 381 g/mol. The average Bonchev–Trinajstić information content (AvgIpc) is 2.96. The largest absolute Gasteiger partial charge is 0.313 e. The third kappa shape index (κ3) is 3.21. The number of aromatic nitrogens is 1. The van der Waals surface area contributed by atoms with E-state index >= 15 is 0 Å². The highest BCUT2D eigenvalue weighted by molar-refractivity contribution is 6.30. The maximum absolute atomic E-state index is 13.7. The second-order valence-electron chi connectivity index (χ2n) is 8.13. The predicted octanol–water partition coefficient (Wildman–Crippen LogP) is 6.40. The normalized spacial score (nSPS) is 15.7. The van der Waals surface area contributed by atoms with E-state index in [4.69, 9.17) is 11.6 Å². The van der Waals surface area contributed by atoms with E-state index in [-0.39, 0.29) is 16.2 Å². The smallest absolute Gasteiger partial charge is 0.165 e. The van der Waals surface area contributed by atoms with Gasteiger partial charge in [0.1, 0.15) is 5.82 Å². The van der Waals surface area contributed by atoms with Gasteiger partial charge < -0.3 is 4.57 Å². The van der Waals surface area contributed by atoms with Gasteiger partial charge in [0.2, 0.25) is 0 Å². The van der Waals surface area contributed by atoms with Gasteiger partial charge in [0, 0.05) is 23.4 Å². The van der Waals surface area contributed by atoms with Crippen LogP contribution in [-0.4, -0.2) is 10.4 Å². The van der Waals surface area contributed by atoms with Gasteiger partial charge in [-0.2, -0.15) is 0 Å². The molecule has 0 amide bonds. The van der Waals surface area contributed by atoms with Crippen LogP contribution in [0.5, 0.6) is 0 Å². The molecule has 0 aliphatic heterocycles. The van der Waals surface area contributed by atoms with Crippen molar-refractivity contribution in [2.75, 3.05) is 0 Å². The predicted molar refractivity (Wildman–Crippen MR) is 107 cm³/mol. The van der Waals surface area contributed by atoms with Crippen molar-refractivity contribution in [2.45, 2.75) is 33.6 Å². The number of benzene rings is 2. The Labute approximate surface area is 163 Å². The molecule has 3 aromatic rings. The number of halogens is 2. The summed E-state index contributed by atoms with van der Waals surface area (Å²) < 4.78 is 15.8. The van der Waals surface area contributed by atoms with E-state index in [0.717, 1.165) is 34.6 Å². The van der Waals surface area contributed by atoms with Crippen LogP contribution in [0, 0.1) is 18.2 Å². The summed E-state index contributed by atoms with van der Waals surface area (Å²) in [6, 6.07) is 14.9. The second-order valence-corrected chi connectivity index (χ2v) is 8.54. The molecular formula is C23H21ClFNO. The zero-order chi connectivity index (χ0) is 19.3. The highest BCUT2D eigenvalue weighted by Crippen LogP contribution is 2.40. The molecule has 4 rings (SSSR count). The molecule has 0 bridgehead atoms. The van der Waals surface area contributed by atoms with Gasteiger partial charge in [-0.3, -0.25) is 4.79 Å². The summed E-state index contributed by atoms with van der Waals surface area (Å²) in [6.07, 6.45) is 1.30. The molecule has 0 fully saturated rings. The van der Waals surface area contributed by atoms with E-state index in [1.165, 1.54) is 11.6 Å². The summed E-state index contributed by atoms with van der Waals surface area (Å²) in [5, 5.41) is 0.0752. The lowest BCUT2D eigenvalue weighted by molar-refractivity contribution is 0.0911. The first-order valence-electron chi connectivity index (χ1n) is 9.05. The van der Waals surface area contributed by atoms with Crippen molar-refractivity contribution in [3.05, 3.63) is 76.2 Å². The molecule has 0 saturated carbocycles. The second kappa shape index (κ2) is 6.35. The number of carbonyl (C=O) groups is 1. The Bertz CT molecular complexity index is 1050. The summed E-state index contributed by atoms with van der Waals surface area (Å²) in [6.45, 7) is 6.25. The van der Waals surface area contributed by atoms with E-state index in [0.29, 0.717) is 6.42 Å². The van der Waals surface area contributed by atoms with Gasteiger partial charge in [0.15, 0.2) is 5.78 Å². The fraction of sp³-hybridized carbons (Fsp3) is 0.261. The number of rotatable bonds is 2. The summed E-state index contributed by atoms with van der Waals surface area (Å²) in [5.74, 6) is -0.295. The van der Waals surface area contributed by atoms with Crippen molar-refractivity contribution < 1.29 is 9.18 Å². The van der Waals surface area contributed by atoms with Crippen molar-refractivity contribution in [3.8, 4) is 16.9 Å². The Morgan fingerprint density at radius 3 is 2.41 bits per heavy atom. The third-order valence-electron chi connectivity index (χ3n) is 5.20. The number of ketones is 1. The van der Waals surface area contributed by atoms with E-state index < -0.39 is 5.82 Å². The van der Waals surface area contributed by atoms with Gasteiger partial charge in [-0.25, -0.2) is 4.39 Å². The van der Waals surface area contributed by atoms with Crippen molar-refractivity contribution in [1.82, 2.24) is 4.57 Å². The van der Waals surface area contributed by atoms with E-state index in [1.807, 2.05) is 25.1 Å². The molecule has 1 heterocycles. The lowest BCUT2D eigenvalue weighted by Gasteiger charge is -2.30. The highest BCUT2D eigenvalue weighted by atomic mass is 35.5. The highest BCUT2D eigenvalue weighted by Gasteiger charge is 2.35. The summed E-state index contributed by atoms with van der Waals surface area (Å²) >= 11 is 6.06. The molecule has 0 unspecified atom stereocenters. The number of Topliss-reactive ketones (excluding diaryl/α,β-unsaturated/α-hetero) is 1. The Balaban J connectivity index is 2.00. The van der Waals surface area contributed by atoms with E-state index in [9.17, 15) is 9.18 Å². The average molecular weight is 382 g/mol. The Morgan fingerprint density at radius 2 is 1.74 bits per heavy atom. The molecule has 27 heavy (non-hydrogen) atoms. The van der Waals surface area contributed by atoms with Gasteiger partial charge in [-0.15, -0.1) is 0 Å². The minimum absolute atomic E-state index is 0.0752. The molecular weight excluding hydrogens is 361 g/mol. The quantitative estimate of drug-likeness (QED) is 0.503. The number of nitrogens with zero attached hydrogens (tertiary/aromatic N) is 1. The standard InChI is InChI=1S/C23H21ClFNO/c1-14-4-6-15(7-5-14)20-11-17-21(12-23(2,3)13-22(17)27)26(20)16-8-9-19(25)18(24)10-16/h4-11H,12-13H2,1-3H3. The van der Waals surface area contributed by atoms with Crippen LogP contribution in [0.15, 0.2) is 48.5 Å². The Hall–Kier alpha value is -2.39. The fourth-order valence-electron chi connectivity index (χ4n) is 3.87. The maximum atomic E-state index is 13.7. The lowest BCUT2D eigenvalue weighted by Crippen LogP contribution is -2.27. The summed E-state index contributed by atoms with van der Waals surface area (Å²) in [7, 11) is 0. The van der Waals surface area contributed by atoms with Gasteiger partial charge in [-0.1, -0.05) is 55.3 Å². The molecule has 1 aliphatic rings. The van der Waals surface area contributed by atoms with Crippen molar-refractivity contribution >= 4 is 17.4 Å². The van der Waals surface area contributed by atoms with Crippen LogP contribution < -0.4 is 0 Å². The lowest BCUT2D eigenvalue weighted by atomic mass is 9.76. The van der Waals surface area contributed by atoms with Crippen LogP contribution in [0.2, 0.25) is 5.02 Å². The SMILES string of the molecule is Cc1ccc(-c2cc3c(n2-c2ccc(F)c(Cl)c2)CC(C)(C)CC3=O)cc1. The van der Waals surface area contributed by atoms with Gasteiger partial charge >= 0.3 is 0 Å². The molecule has 138 valence electrons. The van der Waals surface area contributed by atoms with Crippen LogP contribution in [0.3, 0.4) is 0 Å². The van der Waals surface area contributed by atoms with Crippen molar-refractivity contribution in [2.24, 2.45) is 5.41 Å². The number of hydrogen-bond donors (Lipinski definition) is 0. The zero-order valence-corrected chi connectivity index (χ0v) is 16.4. The zero-order valence-electron chi connectivity index (χ0n) is 15.6. The molecule has 0 atom stereocenters. The number of fused-ring (bicyclic) bond motifs is 1. The van der Waals surface area contributed by atoms with Crippen molar-refractivity contribution in [1.29, 1.82) is 0 Å². The summed E-state index contributed by atoms with van der Waals surface area (Å²) in [4.78, 5) is 12.8. The van der Waals surface area contributed by atoms with Gasteiger partial charge in [0.05, 0.1) is 10.7 Å². The molecule has 4 heteroatoms. The molecule has 0 spiro atoms. The first-order valence-corrected chi connectivity index (χ1v) is 9.43. The van der Waals surface area contributed by atoms with Crippen LogP contribution in [0.25, 0.3) is 16.9 Å². The maximum Gasteiger partial charge on any atom is 0.165 e. The van der Waals surface area contributed by atoms with Gasteiger partial charge in [0.25, 0.3) is 0 Å². The fourth-order valence-corrected chi connectivity index (χ4v) is 4.04. The topological polar surface area (TPSA) is 22.0 Å². The van der Waals surface area contributed by atoms with Gasteiger partial charge in [-0.05, 0) is 48.6 Å². The number of aryl methyl sites for hydroxylation is 1. The van der Waals surface area contributed by atoms with Crippen LogP contribution >= 0.6 is 11.6 Å². The van der Waals surface area contributed by atoms with Crippen molar-refractivity contribution in [3.63, 3.8) is 0 Å². The molecule has 0 saturated heterocycles. The molecule has 1 aliphatic carbocycles. The van der Waals surface area contributed by atoms with E-state index in [1.54, 1.807) is 12.1 Å². The third-order valence-corrected chi connectivity index (χ3v) is 5.49. The van der Waals surface area contributed by atoms with E-state index in [2.05, 4.69) is 30.5 Å². The van der Waals surface area contributed by atoms with Crippen LogP contribution in [-0.2, 0) is 6.42 Å². The van der Waals surface area contributed by atoms with Crippen LogP contribution in [0.1, 0.15) is 41.9 Å². The Kier molecular flexibility index (Phi) is 4.23. The number of carbonyl (C=O) groups excluding carboxylic acids is 1. The molecule has 1 aromatic heterocycles. The molecule has 0 radical (unpaired) electrons. The molecule has 2 nitrogen and oxygen atoms in total. The number of hydrogen-bond acceptors (Lipinski definition) is 1. The minimum atomic E-state index is -0.449. The molecule has 2 aromatic carbocycles. The minimum Gasteiger partial charge on any atom is -0.313 e. The first kappa shape index (κ1) is 18.0. The molecule has 0 N–H and O–H groups in total. The Morgan fingerprint density at radius 1 is 1.04 bits per heavy atom. The van der Waals surface area contributed by atoms with Crippen LogP contribution in [0.4, 0.5) is 4.39 Å². The summed E-state index contributed by atoms with van der Waals surface area (Å²) in [5.41, 5.74) is 5.48.